The largest absolute Gasteiger partial charge is 0.0622 e. The van der Waals surface area contributed by atoms with Crippen LogP contribution in [0.25, 0.3) is 22.3 Å². The van der Waals surface area contributed by atoms with Gasteiger partial charge in [0.25, 0.3) is 0 Å². The first-order valence-electron chi connectivity index (χ1n) is 7.65. The van der Waals surface area contributed by atoms with E-state index in [1.54, 1.807) is 0 Å². The second kappa shape index (κ2) is 5.10. The molecule has 108 valence electrons. The molecule has 0 nitrogen and oxygen atoms in total. The summed E-state index contributed by atoms with van der Waals surface area (Å²) in [5, 5.41) is 0. The molecule has 0 bridgehead atoms. The fourth-order valence-corrected chi connectivity index (χ4v) is 3.97. The Labute approximate surface area is 140 Å². The van der Waals surface area contributed by atoms with Crippen molar-refractivity contribution in [2.75, 3.05) is 0 Å². The number of benzene rings is 3. The summed E-state index contributed by atoms with van der Waals surface area (Å²) >= 11 is 3.67. The lowest BCUT2D eigenvalue weighted by Gasteiger charge is -2.11. The van der Waals surface area contributed by atoms with Crippen LogP contribution in [0.4, 0.5) is 0 Å². The van der Waals surface area contributed by atoms with Gasteiger partial charge in [0.15, 0.2) is 0 Å². The predicted molar refractivity (Wildman–Crippen MR) is 97.3 cm³/mol. The van der Waals surface area contributed by atoms with Gasteiger partial charge in [0.1, 0.15) is 0 Å². The smallest absolute Gasteiger partial charge is 0.0207 e. The molecule has 0 spiro atoms. The maximum absolute atomic E-state index is 3.67. The van der Waals surface area contributed by atoms with Crippen LogP contribution in [0.15, 0.2) is 65.1 Å². The summed E-state index contributed by atoms with van der Waals surface area (Å²) in [6, 6.07) is 21.9. The lowest BCUT2D eigenvalue weighted by Crippen LogP contribution is -1.94. The molecule has 3 aromatic carbocycles. The highest BCUT2D eigenvalue weighted by Crippen LogP contribution is 2.48. The summed E-state index contributed by atoms with van der Waals surface area (Å²) in [6.45, 7) is 4.53. The van der Waals surface area contributed by atoms with Gasteiger partial charge in [0, 0.05) is 10.4 Å². The second-order valence-corrected chi connectivity index (χ2v) is 6.88. The molecule has 0 radical (unpaired) electrons. The molecule has 0 amide bonds. The average Bonchev–Trinajstić information content (AvgIpc) is 2.85. The average molecular weight is 349 g/mol. The van der Waals surface area contributed by atoms with E-state index in [9.17, 15) is 0 Å². The lowest BCUT2D eigenvalue weighted by molar-refractivity contribution is 0.942. The molecule has 22 heavy (non-hydrogen) atoms. The molecule has 1 aliphatic carbocycles. The normalized spacial score (nSPS) is 15.5. The van der Waals surface area contributed by atoms with Crippen molar-refractivity contribution in [2.24, 2.45) is 0 Å². The summed E-state index contributed by atoms with van der Waals surface area (Å²) in [6.07, 6.45) is 0. The molecule has 0 heterocycles. The van der Waals surface area contributed by atoms with Gasteiger partial charge in [-0.25, -0.2) is 0 Å². The van der Waals surface area contributed by atoms with Gasteiger partial charge in [0.2, 0.25) is 0 Å². The van der Waals surface area contributed by atoms with E-state index in [0.717, 1.165) is 0 Å². The molecule has 4 rings (SSSR count). The molecule has 1 unspecified atom stereocenters. The summed E-state index contributed by atoms with van der Waals surface area (Å²) in [7, 11) is 0. The summed E-state index contributed by atoms with van der Waals surface area (Å²) in [5.41, 5.74) is 9.64. The molecule has 1 atom stereocenters. The van der Waals surface area contributed by atoms with E-state index in [-0.39, 0.29) is 0 Å². The van der Waals surface area contributed by atoms with Gasteiger partial charge in [0.05, 0.1) is 0 Å². The van der Waals surface area contributed by atoms with Crippen molar-refractivity contribution >= 4 is 15.9 Å². The molecular weight excluding hydrogens is 332 g/mol. The van der Waals surface area contributed by atoms with Gasteiger partial charge in [-0.1, -0.05) is 71.4 Å². The number of hydrogen-bond acceptors (Lipinski definition) is 0. The maximum atomic E-state index is 3.67. The molecule has 0 aromatic heterocycles. The fourth-order valence-electron chi connectivity index (χ4n) is 3.63. The van der Waals surface area contributed by atoms with Crippen LogP contribution < -0.4 is 0 Å². The predicted octanol–water partition coefficient (Wildman–Crippen LogP) is 6.56. The van der Waals surface area contributed by atoms with Crippen molar-refractivity contribution in [3.8, 4) is 22.3 Å². The Hall–Kier alpha value is -1.86. The minimum atomic E-state index is 0.450. The molecule has 0 saturated heterocycles. The van der Waals surface area contributed by atoms with Gasteiger partial charge in [-0.15, -0.1) is 0 Å². The van der Waals surface area contributed by atoms with E-state index in [1.807, 2.05) is 0 Å². The van der Waals surface area contributed by atoms with E-state index >= 15 is 0 Å². The van der Waals surface area contributed by atoms with Gasteiger partial charge in [-0.3, -0.25) is 0 Å². The molecular formula is C21H17Br. The molecule has 3 aromatic rings. The first kappa shape index (κ1) is 13.8. The van der Waals surface area contributed by atoms with E-state index in [0.29, 0.717) is 5.92 Å². The Bertz CT molecular complexity index is 863. The van der Waals surface area contributed by atoms with Crippen molar-refractivity contribution < 1.29 is 0 Å². The van der Waals surface area contributed by atoms with Crippen LogP contribution in [0.2, 0.25) is 0 Å². The Kier molecular flexibility index (Phi) is 3.19. The third-order valence-electron chi connectivity index (χ3n) is 4.80. The molecule has 0 saturated carbocycles. The second-order valence-electron chi connectivity index (χ2n) is 6.02. The van der Waals surface area contributed by atoms with Crippen LogP contribution in [-0.4, -0.2) is 0 Å². The Balaban J connectivity index is 1.90. The van der Waals surface area contributed by atoms with Crippen molar-refractivity contribution in [1.29, 1.82) is 0 Å². The van der Waals surface area contributed by atoms with Gasteiger partial charge < -0.3 is 0 Å². The van der Waals surface area contributed by atoms with Crippen LogP contribution in [0, 0.1) is 6.92 Å². The minimum Gasteiger partial charge on any atom is -0.0622 e. The first-order chi connectivity index (χ1) is 10.7. The zero-order valence-corrected chi connectivity index (χ0v) is 14.3. The number of rotatable bonds is 1. The van der Waals surface area contributed by atoms with Gasteiger partial charge >= 0.3 is 0 Å². The monoisotopic (exact) mass is 348 g/mol. The van der Waals surface area contributed by atoms with Crippen LogP contribution in [0.3, 0.4) is 0 Å². The summed E-state index contributed by atoms with van der Waals surface area (Å²) in [4.78, 5) is 0. The van der Waals surface area contributed by atoms with Crippen molar-refractivity contribution in [1.82, 2.24) is 0 Å². The summed E-state index contributed by atoms with van der Waals surface area (Å²) < 4.78 is 1.20. The molecule has 0 fully saturated rings. The molecule has 0 N–H and O–H groups in total. The Morgan fingerprint density at radius 2 is 1.55 bits per heavy atom. The third kappa shape index (κ3) is 1.96. The standard InChI is InChI=1S/C21H17Br/c1-13-19-12-16(15-6-4-3-5-7-15)8-9-17(19)18-10-11-20(22)14(2)21(13)18/h3-13H,1-2H3. The van der Waals surface area contributed by atoms with Crippen molar-refractivity contribution in [3.05, 3.63) is 81.8 Å². The highest BCUT2D eigenvalue weighted by Gasteiger charge is 2.27. The number of hydrogen-bond donors (Lipinski definition) is 0. The molecule has 1 heteroatoms. The zero-order chi connectivity index (χ0) is 15.3. The highest BCUT2D eigenvalue weighted by molar-refractivity contribution is 9.10. The van der Waals surface area contributed by atoms with E-state index in [2.05, 4.69) is 90.4 Å². The van der Waals surface area contributed by atoms with Crippen LogP contribution in [-0.2, 0) is 0 Å². The van der Waals surface area contributed by atoms with Crippen molar-refractivity contribution in [2.45, 2.75) is 19.8 Å². The number of fused-ring (bicyclic) bond motifs is 3. The van der Waals surface area contributed by atoms with Crippen LogP contribution >= 0.6 is 15.9 Å². The zero-order valence-electron chi connectivity index (χ0n) is 12.7. The Morgan fingerprint density at radius 1 is 0.818 bits per heavy atom. The van der Waals surface area contributed by atoms with E-state index in [1.165, 1.54) is 43.4 Å². The van der Waals surface area contributed by atoms with E-state index in [4.69, 9.17) is 0 Å². The number of halogens is 1. The van der Waals surface area contributed by atoms with Crippen LogP contribution in [0.5, 0.6) is 0 Å². The molecule has 0 aliphatic heterocycles. The SMILES string of the molecule is Cc1c(Br)ccc2c1C(C)c1cc(-c3ccccc3)ccc1-2. The summed E-state index contributed by atoms with van der Waals surface area (Å²) in [5.74, 6) is 0.450. The van der Waals surface area contributed by atoms with Gasteiger partial charge in [-0.05, 0) is 58.0 Å². The Morgan fingerprint density at radius 3 is 2.32 bits per heavy atom. The van der Waals surface area contributed by atoms with Crippen LogP contribution in [0.1, 0.15) is 29.5 Å². The highest BCUT2D eigenvalue weighted by atomic mass is 79.9. The lowest BCUT2D eigenvalue weighted by atomic mass is 9.94. The van der Waals surface area contributed by atoms with Gasteiger partial charge in [-0.2, -0.15) is 0 Å². The first-order valence-corrected chi connectivity index (χ1v) is 8.45. The quantitative estimate of drug-likeness (QED) is 0.467. The fraction of sp³-hybridized carbons (Fsp3) is 0.143. The third-order valence-corrected chi connectivity index (χ3v) is 5.66. The minimum absolute atomic E-state index is 0.450. The van der Waals surface area contributed by atoms with E-state index < -0.39 is 0 Å². The topological polar surface area (TPSA) is 0 Å². The molecule has 1 aliphatic rings. The maximum Gasteiger partial charge on any atom is 0.0207 e. The van der Waals surface area contributed by atoms with Crippen molar-refractivity contribution in [3.63, 3.8) is 0 Å².